The number of benzene rings is 1. The van der Waals surface area contributed by atoms with Gasteiger partial charge in [-0.3, -0.25) is 0 Å². The maximum absolute atomic E-state index is 8.98. The van der Waals surface area contributed by atoms with E-state index in [0.29, 0.717) is 5.75 Å². The van der Waals surface area contributed by atoms with Gasteiger partial charge in [0.15, 0.2) is 0 Å². The van der Waals surface area contributed by atoms with Crippen molar-refractivity contribution in [2.45, 2.75) is 6.42 Å². The van der Waals surface area contributed by atoms with E-state index in [9.17, 15) is 0 Å². The van der Waals surface area contributed by atoms with Crippen molar-refractivity contribution in [2.75, 3.05) is 6.54 Å². The molecule has 62 valence electrons. The minimum atomic E-state index is 0.295. The zero-order chi connectivity index (χ0) is 8.81. The quantitative estimate of drug-likeness (QED) is 0.395. The van der Waals surface area contributed by atoms with Crippen molar-refractivity contribution in [2.24, 2.45) is 0 Å². The van der Waals surface area contributed by atoms with Crippen LogP contribution in [0.3, 0.4) is 0 Å². The summed E-state index contributed by atoms with van der Waals surface area (Å²) in [5, 5.41) is 11.8. The molecule has 0 spiro atoms. The summed E-state index contributed by atoms with van der Waals surface area (Å²) in [6, 6.07) is 9.46. The highest BCUT2D eigenvalue weighted by Gasteiger charge is 1.91. The average molecular weight is 161 g/mol. The molecule has 0 atom stereocenters. The Labute approximate surface area is 72.2 Å². The van der Waals surface area contributed by atoms with Crippen LogP contribution in [-0.2, 0) is 6.42 Å². The molecule has 0 unspecified atom stereocenters. The van der Waals surface area contributed by atoms with Crippen molar-refractivity contribution in [1.82, 2.24) is 5.32 Å². The number of terminal acetylenes is 1. The molecule has 0 bridgehead atoms. The van der Waals surface area contributed by atoms with Gasteiger partial charge in [-0.15, -0.1) is 0 Å². The highest BCUT2D eigenvalue weighted by atomic mass is 16.3. The number of rotatable bonds is 3. The number of hydrogen-bond acceptors (Lipinski definition) is 2. The van der Waals surface area contributed by atoms with Crippen LogP contribution in [0.1, 0.15) is 5.56 Å². The third-order valence-corrected chi connectivity index (χ3v) is 1.58. The van der Waals surface area contributed by atoms with Gasteiger partial charge in [-0.05, 0) is 24.1 Å². The first-order valence-electron chi connectivity index (χ1n) is 3.79. The topological polar surface area (TPSA) is 32.3 Å². The van der Waals surface area contributed by atoms with Crippen LogP contribution in [0.15, 0.2) is 24.3 Å². The fourth-order valence-corrected chi connectivity index (χ4v) is 0.942. The summed E-state index contributed by atoms with van der Waals surface area (Å²) in [7, 11) is 0. The van der Waals surface area contributed by atoms with E-state index in [-0.39, 0.29) is 0 Å². The number of nitrogens with one attached hydrogen (secondary N) is 1. The second kappa shape index (κ2) is 4.30. The molecule has 2 N–H and O–H groups in total. The van der Waals surface area contributed by atoms with Gasteiger partial charge in [0.1, 0.15) is 5.75 Å². The highest BCUT2D eigenvalue weighted by molar-refractivity contribution is 5.26. The molecular weight excluding hydrogens is 150 g/mol. The Balaban J connectivity index is 2.43. The Morgan fingerprint density at radius 3 is 2.58 bits per heavy atom. The maximum Gasteiger partial charge on any atom is 0.115 e. The normalized spacial score (nSPS) is 8.92. The van der Waals surface area contributed by atoms with Gasteiger partial charge in [0, 0.05) is 12.6 Å². The summed E-state index contributed by atoms with van der Waals surface area (Å²) >= 11 is 0. The average Bonchev–Trinajstić information content (AvgIpc) is 2.09. The molecule has 0 amide bonds. The lowest BCUT2D eigenvalue weighted by Crippen LogP contribution is -2.09. The van der Waals surface area contributed by atoms with Crippen LogP contribution in [0.5, 0.6) is 5.75 Å². The second-order valence-electron chi connectivity index (χ2n) is 2.49. The number of phenolic OH excluding ortho intramolecular Hbond substituents is 1. The molecule has 0 saturated heterocycles. The van der Waals surface area contributed by atoms with Gasteiger partial charge >= 0.3 is 0 Å². The van der Waals surface area contributed by atoms with Crippen LogP contribution in [0, 0.1) is 12.5 Å². The molecule has 1 aromatic rings. The largest absolute Gasteiger partial charge is 0.508 e. The van der Waals surface area contributed by atoms with Gasteiger partial charge in [0.2, 0.25) is 0 Å². The summed E-state index contributed by atoms with van der Waals surface area (Å²) < 4.78 is 0. The maximum atomic E-state index is 8.98. The van der Waals surface area contributed by atoms with Crippen molar-refractivity contribution in [3.8, 4) is 18.2 Å². The summed E-state index contributed by atoms with van der Waals surface area (Å²) in [4.78, 5) is 0. The van der Waals surface area contributed by atoms with Gasteiger partial charge < -0.3 is 10.4 Å². The van der Waals surface area contributed by atoms with E-state index < -0.39 is 0 Å². The van der Waals surface area contributed by atoms with Crippen molar-refractivity contribution in [3.63, 3.8) is 0 Å². The molecule has 1 rings (SSSR count). The lowest BCUT2D eigenvalue weighted by atomic mass is 10.1. The molecule has 0 radical (unpaired) electrons. The van der Waals surface area contributed by atoms with E-state index in [4.69, 9.17) is 11.5 Å². The summed E-state index contributed by atoms with van der Waals surface area (Å²) in [6.07, 6.45) is 5.90. The first kappa shape index (κ1) is 8.48. The standard InChI is InChI=1S/C10H11NO/c1-2-11-8-7-9-3-5-10(12)6-4-9/h1,3-6,11-12H,7-8H2. The summed E-state index contributed by atoms with van der Waals surface area (Å²) in [5.41, 5.74) is 1.16. The fourth-order valence-electron chi connectivity index (χ4n) is 0.942. The predicted octanol–water partition coefficient (Wildman–Crippen LogP) is 1.11. The van der Waals surface area contributed by atoms with E-state index in [1.807, 2.05) is 12.1 Å². The van der Waals surface area contributed by atoms with Crippen LogP contribution in [0.25, 0.3) is 0 Å². The molecule has 0 heterocycles. The van der Waals surface area contributed by atoms with Gasteiger partial charge in [-0.1, -0.05) is 18.6 Å². The molecule has 0 aliphatic heterocycles. The van der Waals surface area contributed by atoms with Crippen LogP contribution >= 0.6 is 0 Å². The van der Waals surface area contributed by atoms with Crippen LogP contribution < -0.4 is 5.32 Å². The van der Waals surface area contributed by atoms with Crippen molar-refractivity contribution in [3.05, 3.63) is 29.8 Å². The number of aromatic hydroxyl groups is 1. The number of phenols is 1. The predicted molar refractivity (Wildman–Crippen MR) is 48.6 cm³/mol. The van der Waals surface area contributed by atoms with Crippen molar-refractivity contribution >= 4 is 0 Å². The van der Waals surface area contributed by atoms with E-state index >= 15 is 0 Å². The van der Waals surface area contributed by atoms with Gasteiger partial charge in [0.25, 0.3) is 0 Å². The third kappa shape index (κ3) is 2.55. The smallest absolute Gasteiger partial charge is 0.115 e. The van der Waals surface area contributed by atoms with E-state index in [2.05, 4.69) is 11.4 Å². The first-order valence-corrected chi connectivity index (χ1v) is 3.79. The summed E-state index contributed by atoms with van der Waals surface area (Å²) in [5.74, 6) is 0.295. The minimum absolute atomic E-state index is 0.295. The zero-order valence-electron chi connectivity index (χ0n) is 6.75. The second-order valence-corrected chi connectivity index (χ2v) is 2.49. The van der Waals surface area contributed by atoms with E-state index in [1.165, 1.54) is 0 Å². The molecule has 2 nitrogen and oxygen atoms in total. The molecule has 2 heteroatoms. The Hall–Kier alpha value is -1.62. The highest BCUT2D eigenvalue weighted by Crippen LogP contribution is 2.09. The van der Waals surface area contributed by atoms with Crippen LogP contribution in [0.2, 0.25) is 0 Å². The minimum Gasteiger partial charge on any atom is -0.508 e. The Morgan fingerprint density at radius 2 is 2.00 bits per heavy atom. The molecule has 12 heavy (non-hydrogen) atoms. The van der Waals surface area contributed by atoms with Gasteiger partial charge in [0.05, 0.1) is 0 Å². The SMILES string of the molecule is C#CNCCc1ccc(O)cc1. The molecule has 0 saturated carbocycles. The van der Waals surface area contributed by atoms with Gasteiger partial charge in [-0.2, -0.15) is 0 Å². The monoisotopic (exact) mass is 161 g/mol. The lowest BCUT2D eigenvalue weighted by Gasteiger charge is -1.99. The Morgan fingerprint density at radius 1 is 1.33 bits per heavy atom. The number of hydrogen-bond donors (Lipinski definition) is 2. The zero-order valence-corrected chi connectivity index (χ0v) is 6.75. The van der Waals surface area contributed by atoms with Crippen molar-refractivity contribution < 1.29 is 5.11 Å². The third-order valence-electron chi connectivity index (χ3n) is 1.58. The van der Waals surface area contributed by atoms with Crippen molar-refractivity contribution in [1.29, 1.82) is 0 Å². The van der Waals surface area contributed by atoms with Crippen LogP contribution in [-0.4, -0.2) is 11.7 Å². The van der Waals surface area contributed by atoms with E-state index in [1.54, 1.807) is 12.1 Å². The molecule has 1 aromatic carbocycles. The molecule has 0 aliphatic rings. The fraction of sp³-hybridized carbons (Fsp3) is 0.200. The molecule has 0 aromatic heterocycles. The van der Waals surface area contributed by atoms with E-state index in [0.717, 1.165) is 18.5 Å². The first-order chi connectivity index (χ1) is 5.83. The Bertz CT molecular complexity index is 271. The summed E-state index contributed by atoms with van der Waals surface area (Å²) in [6.45, 7) is 0.765. The molecular formula is C10H11NO. The van der Waals surface area contributed by atoms with Crippen LogP contribution in [0.4, 0.5) is 0 Å². The molecule has 0 aliphatic carbocycles. The lowest BCUT2D eigenvalue weighted by molar-refractivity contribution is 0.475. The van der Waals surface area contributed by atoms with Gasteiger partial charge in [-0.25, -0.2) is 0 Å². The Kier molecular flexibility index (Phi) is 3.04. The molecule has 0 fully saturated rings.